The van der Waals surface area contributed by atoms with Crippen LogP contribution < -0.4 is 5.73 Å². The molecule has 0 amide bonds. The van der Waals surface area contributed by atoms with Gasteiger partial charge in [-0.15, -0.1) is 32.1 Å². The van der Waals surface area contributed by atoms with E-state index < -0.39 is 0 Å². The summed E-state index contributed by atoms with van der Waals surface area (Å²) in [6, 6.07) is 0. The molecule has 0 saturated carbocycles. The SMILES string of the molecule is C=CCC(CCCCCCCCCCCCCCCC)C(N)(CC=C)CC=C.Cl. The zero-order valence-corrected chi connectivity index (χ0v) is 20.5. The third-order valence-electron chi connectivity index (χ3n) is 6.22. The van der Waals surface area contributed by atoms with Gasteiger partial charge >= 0.3 is 0 Å². The molecule has 1 unspecified atom stereocenters. The minimum Gasteiger partial charge on any atom is -0.324 e. The quantitative estimate of drug-likeness (QED) is 0.135. The van der Waals surface area contributed by atoms with Gasteiger partial charge in [0.2, 0.25) is 0 Å². The molecule has 0 bridgehead atoms. The van der Waals surface area contributed by atoms with E-state index in [1.165, 1.54) is 96.3 Å². The molecule has 0 aliphatic carbocycles. The Morgan fingerprint density at radius 3 is 1.38 bits per heavy atom. The predicted molar refractivity (Wildman–Crippen MR) is 137 cm³/mol. The van der Waals surface area contributed by atoms with E-state index in [4.69, 9.17) is 5.73 Å². The van der Waals surface area contributed by atoms with Crippen molar-refractivity contribution >= 4 is 12.4 Å². The molecule has 0 aromatic rings. The maximum Gasteiger partial charge on any atom is 0.0255 e. The van der Waals surface area contributed by atoms with Crippen molar-refractivity contribution in [2.75, 3.05) is 0 Å². The maximum absolute atomic E-state index is 6.71. The van der Waals surface area contributed by atoms with Crippen molar-refractivity contribution in [1.29, 1.82) is 0 Å². The molecule has 2 heteroatoms. The number of allylic oxidation sites excluding steroid dienone is 1. The summed E-state index contributed by atoms with van der Waals surface area (Å²) in [5.41, 5.74) is 6.51. The lowest BCUT2D eigenvalue weighted by Gasteiger charge is -2.36. The molecule has 0 rings (SSSR count). The van der Waals surface area contributed by atoms with Gasteiger partial charge < -0.3 is 5.73 Å². The fraction of sp³-hybridized carbons (Fsp3) is 0.778. The molecule has 0 aromatic heterocycles. The van der Waals surface area contributed by atoms with Gasteiger partial charge in [0.25, 0.3) is 0 Å². The predicted octanol–water partition coefficient (Wildman–Crippen LogP) is 9.32. The molecule has 2 N–H and O–H groups in total. The molecule has 0 aliphatic rings. The molecule has 0 fully saturated rings. The summed E-state index contributed by atoms with van der Waals surface area (Å²) >= 11 is 0. The minimum atomic E-state index is -0.200. The Bertz CT molecular complexity index is 367. The van der Waals surface area contributed by atoms with Crippen LogP contribution in [0.4, 0.5) is 0 Å². The summed E-state index contributed by atoms with van der Waals surface area (Å²) in [5, 5.41) is 0. The van der Waals surface area contributed by atoms with Crippen molar-refractivity contribution in [3.63, 3.8) is 0 Å². The van der Waals surface area contributed by atoms with E-state index in [0.29, 0.717) is 5.92 Å². The summed E-state index contributed by atoms with van der Waals surface area (Å²) in [5.74, 6) is 0.485. The highest BCUT2D eigenvalue weighted by Gasteiger charge is 2.31. The summed E-state index contributed by atoms with van der Waals surface area (Å²) < 4.78 is 0. The van der Waals surface area contributed by atoms with E-state index >= 15 is 0 Å². The van der Waals surface area contributed by atoms with Gasteiger partial charge in [0.05, 0.1) is 0 Å². The second kappa shape index (κ2) is 22.2. The molecule has 0 saturated heterocycles. The van der Waals surface area contributed by atoms with Crippen molar-refractivity contribution < 1.29 is 0 Å². The lowest BCUT2D eigenvalue weighted by Crippen LogP contribution is -2.46. The van der Waals surface area contributed by atoms with E-state index in [-0.39, 0.29) is 17.9 Å². The fourth-order valence-electron chi connectivity index (χ4n) is 4.38. The number of halogens is 1. The third kappa shape index (κ3) is 16.9. The van der Waals surface area contributed by atoms with Crippen LogP contribution in [-0.4, -0.2) is 5.54 Å². The lowest BCUT2D eigenvalue weighted by molar-refractivity contribution is 0.252. The molecule has 172 valence electrons. The maximum atomic E-state index is 6.71. The Morgan fingerprint density at radius 2 is 1.03 bits per heavy atom. The van der Waals surface area contributed by atoms with Crippen LogP contribution in [0.1, 0.15) is 122 Å². The van der Waals surface area contributed by atoms with Gasteiger partial charge in [0.15, 0.2) is 0 Å². The second-order valence-corrected chi connectivity index (χ2v) is 8.82. The third-order valence-corrected chi connectivity index (χ3v) is 6.22. The number of nitrogens with two attached hydrogens (primary N) is 1. The molecule has 0 aliphatic heterocycles. The first-order chi connectivity index (χ1) is 13.6. The van der Waals surface area contributed by atoms with Crippen molar-refractivity contribution in [1.82, 2.24) is 0 Å². The van der Waals surface area contributed by atoms with Crippen molar-refractivity contribution in [2.45, 2.75) is 128 Å². The van der Waals surface area contributed by atoms with E-state index in [9.17, 15) is 0 Å². The van der Waals surface area contributed by atoms with Crippen molar-refractivity contribution in [2.24, 2.45) is 11.7 Å². The first-order valence-corrected chi connectivity index (χ1v) is 12.3. The van der Waals surface area contributed by atoms with Crippen LogP contribution in [0.15, 0.2) is 38.0 Å². The summed E-state index contributed by atoms with van der Waals surface area (Å²) in [4.78, 5) is 0. The van der Waals surface area contributed by atoms with Crippen LogP contribution in [0.3, 0.4) is 0 Å². The van der Waals surface area contributed by atoms with Gasteiger partial charge in [0, 0.05) is 5.54 Å². The molecular weight excluding hydrogens is 374 g/mol. The van der Waals surface area contributed by atoms with Crippen LogP contribution in [0.2, 0.25) is 0 Å². The standard InChI is InChI=1S/C27H51N.ClH/c1-5-9-10-11-12-13-14-15-16-17-18-19-20-21-23-26(22-6-2)27(28,24-7-3)25-8-4;/h6-8,26H,2-5,9-25,28H2,1H3;1H. The number of hydrogen-bond donors (Lipinski definition) is 1. The second-order valence-electron chi connectivity index (χ2n) is 8.82. The Morgan fingerprint density at radius 1 is 0.655 bits per heavy atom. The summed E-state index contributed by atoms with van der Waals surface area (Å²) in [7, 11) is 0. The van der Waals surface area contributed by atoms with E-state index in [1.807, 2.05) is 18.2 Å². The van der Waals surface area contributed by atoms with E-state index in [0.717, 1.165) is 19.3 Å². The highest BCUT2D eigenvalue weighted by molar-refractivity contribution is 5.85. The number of hydrogen-bond acceptors (Lipinski definition) is 1. The number of unbranched alkanes of at least 4 members (excludes halogenated alkanes) is 13. The molecule has 29 heavy (non-hydrogen) atoms. The monoisotopic (exact) mass is 425 g/mol. The Balaban J connectivity index is 0. The van der Waals surface area contributed by atoms with Crippen LogP contribution >= 0.6 is 12.4 Å². The fourth-order valence-corrected chi connectivity index (χ4v) is 4.38. The van der Waals surface area contributed by atoms with Gasteiger partial charge in [-0.05, 0) is 31.6 Å². The zero-order chi connectivity index (χ0) is 20.9. The highest BCUT2D eigenvalue weighted by Crippen LogP contribution is 2.31. The molecule has 1 atom stereocenters. The first-order valence-electron chi connectivity index (χ1n) is 12.3. The summed E-state index contributed by atoms with van der Waals surface area (Å²) in [6.07, 6.45) is 29.5. The zero-order valence-electron chi connectivity index (χ0n) is 19.6. The van der Waals surface area contributed by atoms with Gasteiger partial charge in [0.1, 0.15) is 0 Å². The topological polar surface area (TPSA) is 26.0 Å². The van der Waals surface area contributed by atoms with E-state index in [1.54, 1.807) is 0 Å². The van der Waals surface area contributed by atoms with Gasteiger partial charge in [-0.3, -0.25) is 0 Å². The Kier molecular flexibility index (Phi) is 23.4. The molecule has 0 spiro atoms. The first kappa shape index (κ1) is 30.7. The van der Waals surface area contributed by atoms with E-state index in [2.05, 4.69) is 26.7 Å². The minimum absolute atomic E-state index is 0. The van der Waals surface area contributed by atoms with Crippen molar-refractivity contribution in [3.8, 4) is 0 Å². The normalized spacial score (nSPS) is 12.2. The summed E-state index contributed by atoms with van der Waals surface area (Å²) in [6.45, 7) is 14.0. The molecule has 0 heterocycles. The van der Waals surface area contributed by atoms with Gasteiger partial charge in [-0.25, -0.2) is 0 Å². The highest BCUT2D eigenvalue weighted by atomic mass is 35.5. The lowest BCUT2D eigenvalue weighted by atomic mass is 9.75. The van der Waals surface area contributed by atoms with Gasteiger partial charge in [-0.2, -0.15) is 0 Å². The largest absolute Gasteiger partial charge is 0.324 e. The average molecular weight is 426 g/mol. The van der Waals surface area contributed by atoms with Crippen molar-refractivity contribution in [3.05, 3.63) is 38.0 Å². The molecule has 0 radical (unpaired) electrons. The van der Waals surface area contributed by atoms with Crippen LogP contribution in [-0.2, 0) is 0 Å². The van der Waals surface area contributed by atoms with Crippen LogP contribution in [0, 0.1) is 5.92 Å². The number of rotatable bonds is 22. The molecule has 0 aromatic carbocycles. The average Bonchev–Trinajstić information content (AvgIpc) is 2.67. The molecule has 1 nitrogen and oxygen atoms in total. The van der Waals surface area contributed by atoms with Crippen LogP contribution in [0.5, 0.6) is 0 Å². The van der Waals surface area contributed by atoms with Gasteiger partial charge in [-0.1, -0.05) is 115 Å². The Hall–Kier alpha value is -0.530. The van der Waals surface area contributed by atoms with Crippen LogP contribution in [0.25, 0.3) is 0 Å². The molecular formula is C27H52ClN. The smallest absolute Gasteiger partial charge is 0.0255 e. The Labute approximate surface area is 190 Å².